The van der Waals surface area contributed by atoms with Gasteiger partial charge in [-0.2, -0.15) is 11.8 Å². The molecule has 0 bridgehead atoms. The zero-order chi connectivity index (χ0) is 23.9. The molecule has 188 valence electrons. The van der Waals surface area contributed by atoms with Crippen LogP contribution in [0.1, 0.15) is 25.7 Å². The van der Waals surface area contributed by atoms with Crippen LogP contribution in [0.5, 0.6) is 0 Å². The van der Waals surface area contributed by atoms with Crippen LogP contribution in [0, 0.1) is 0 Å². The third-order valence-electron chi connectivity index (χ3n) is 5.05. The summed E-state index contributed by atoms with van der Waals surface area (Å²) in [5.41, 5.74) is 0. The number of carboxylic acids is 1. The van der Waals surface area contributed by atoms with Crippen LogP contribution in [-0.4, -0.2) is 105 Å². The van der Waals surface area contributed by atoms with Crippen LogP contribution in [-0.2, 0) is 28.6 Å². The number of thioether (sulfide) groups is 1. The SMILES string of the molecule is O=C(O)COCCOCCOCC(=O)NCCNC(=O)CCCC[C@@H]1SC[C@@H]2NC(=O)N[C@@H]21. The number of carbonyl (C=O) groups excluding carboxylic acids is 3. The monoisotopic (exact) mass is 490 g/mol. The number of carboxylic acid groups (broad SMARTS) is 1. The van der Waals surface area contributed by atoms with Crippen LogP contribution in [0.3, 0.4) is 0 Å². The molecular weight excluding hydrogens is 456 g/mol. The lowest BCUT2D eigenvalue weighted by atomic mass is 10.0. The van der Waals surface area contributed by atoms with Crippen molar-refractivity contribution in [2.75, 3.05) is 58.5 Å². The third-order valence-corrected chi connectivity index (χ3v) is 6.56. The number of nitrogens with one attached hydrogen (secondary N) is 4. The average Bonchev–Trinajstić information content (AvgIpc) is 3.32. The molecule has 4 amide bonds. The molecule has 13 heteroatoms. The van der Waals surface area contributed by atoms with Gasteiger partial charge in [0.2, 0.25) is 11.8 Å². The van der Waals surface area contributed by atoms with E-state index in [0.717, 1.165) is 25.0 Å². The number of aliphatic carboxylic acids is 1. The predicted octanol–water partition coefficient (Wildman–Crippen LogP) is -0.921. The Balaban J connectivity index is 1.34. The molecule has 0 spiro atoms. The van der Waals surface area contributed by atoms with E-state index < -0.39 is 5.97 Å². The standard InChI is InChI=1S/C20H34N4O8S/c25-16(4-2-1-3-15-19-14(13-33-15)23-20(29)24-19)21-5-6-22-17(26)11-31-9-7-30-8-10-32-12-18(27)28/h14-15,19H,1-13H2,(H,21,25)(H,22,26)(H,27,28)(H2,23,24,29)/t14-,15-,19-/m0/s1. The number of carbonyl (C=O) groups is 4. The van der Waals surface area contributed by atoms with Gasteiger partial charge < -0.3 is 40.6 Å². The van der Waals surface area contributed by atoms with Crippen molar-refractivity contribution >= 4 is 35.6 Å². The Morgan fingerprint density at radius 2 is 1.61 bits per heavy atom. The molecular formula is C20H34N4O8S. The summed E-state index contributed by atoms with van der Waals surface area (Å²) in [6.45, 7) is 1.13. The van der Waals surface area contributed by atoms with Gasteiger partial charge in [0.1, 0.15) is 13.2 Å². The number of unbranched alkanes of at least 4 members (excludes halogenated alkanes) is 1. The Hall–Kier alpha value is -2.09. The summed E-state index contributed by atoms with van der Waals surface area (Å²) in [5.74, 6) is -0.423. The highest BCUT2D eigenvalue weighted by molar-refractivity contribution is 8.00. The van der Waals surface area contributed by atoms with Crippen LogP contribution in [0.15, 0.2) is 0 Å². The van der Waals surface area contributed by atoms with Gasteiger partial charge in [-0.15, -0.1) is 0 Å². The molecule has 2 fully saturated rings. The van der Waals surface area contributed by atoms with Crippen LogP contribution in [0.4, 0.5) is 4.79 Å². The van der Waals surface area contributed by atoms with Gasteiger partial charge in [0.05, 0.1) is 38.5 Å². The molecule has 33 heavy (non-hydrogen) atoms. The van der Waals surface area contributed by atoms with Crippen molar-refractivity contribution < 1.29 is 38.5 Å². The highest BCUT2D eigenvalue weighted by Crippen LogP contribution is 2.33. The van der Waals surface area contributed by atoms with Gasteiger partial charge in [0.25, 0.3) is 0 Å². The van der Waals surface area contributed by atoms with E-state index in [1.807, 2.05) is 11.8 Å². The van der Waals surface area contributed by atoms with E-state index in [1.54, 1.807) is 0 Å². The second-order valence-corrected chi connectivity index (χ2v) is 8.95. The molecule has 3 atom stereocenters. The van der Waals surface area contributed by atoms with Gasteiger partial charge in [-0.05, 0) is 12.8 Å². The first-order chi connectivity index (χ1) is 16.0. The van der Waals surface area contributed by atoms with Crippen molar-refractivity contribution in [3.63, 3.8) is 0 Å². The predicted molar refractivity (Wildman–Crippen MR) is 120 cm³/mol. The molecule has 0 unspecified atom stereocenters. The van der Waals surface area contributed by atoms with Gasteiger partial charge in [-0.3, -0.25) is 9.59 Å². The molecule has 0 saturated carbocycles. The number of amides is 4. The normalized spacial score (nSPS) is 21.2. The van der Waals surface area contributed by atoms with E-state index in [9.17, 15) is 19.2 Å². The summed E-state index contributed by atoms with van der Waals surface area (Å²) >= 11 is 1.87. The fourth-order valence-electron chi connectivity index (χ4n) is 3.48. The molecule has 0 radical (unpaired) electrons. The number of hydrogen-bond acceptors (Lipinski definition) is 8. The highest BCUT2D eigenvalue weighted by atomic mass is 32.2. The lowest BCUT2D eigenvalue weighted by Crippen LogP contribution is -2.37. The van der Waals surface area contributed by atoms with Crippen molar-refractivity contribution in [2.45, 2.75) is 43.0 Å². The molecule has 2 rings (SSSR count). The van der Waals surface area contributed by atoms with E-state index in [-0.39, 0.29) is 69.6 Å². The zero-order valence-electron chi connectivity index (χ0n) is 18.6. The molecule has 0 aromatic heterocycles. The summed E-state index contributed by atoms with van der Waals surface area (Å²) in [5, 5.41) is 20.1. The number of hydrogen-bond donors (Lipinski definition) is 5. The van der Waals surface area contributed by atoms with E-state index in [4.69, 9.17) is 19.3 Å². The van der Waals surface area contributed by atoms with E-state index in [0.29, 0.717) is 24.8 Å². The molecule has 2 heterocycles. The topological polar surface area (TPSA) is 164 Å². The Bertz CT molecular complexity index is 654. The minimum absolute atomic E-state index is 0.0437. The highest BCUT2D eigenvalue weighted by Gasteiger charge is 2.42. The second kappa shape index (κ2) is 15.7. The van der Waals surface area contributed by atoms with Crippen molar-refractivity contribution in [1.29, 1.82) is 0 Å². The first kappa shape index (κ1) is 27.2. The maximum atomic E-state index is 11.9. The maximum Gasteiger partial charge on any atom is 0.329 e. The van der Waals surface area contributed by atoms with Gasteiger partial charge in [0.15, 0.2) is 0 Å². The first-order valence-corrected chi connectivity index (χ1v) is 12.2. The lowest BCUT2D eigenvalue weighted by molar-refractivity contribution is -0.142. The molecule has 0 aromatic carbocycles. The lowest BCUT2D eigenvalue weighted by Gasteiger charge is -2.16. The Morgan fingerprint density at radius 1 is 0.939 bits per heavy atom. The molecule has 12 nitrogen and oxygen atoms in total. The smallest absolute Gasteiger partial charge is 0.329 e. The number of urea groups is 1. The fourth-order valence-corrected chi connectivity index (χ4v) is 5.02. The van der Waals surface area contributed by atoms with Crippen LogP contribution >= 0.6 is 11.8 Å². The molecule has 0 aliphatic carbocycles. The van der Waals surface area contributed by atoms with Gasteiger partial charge in [-0.1, -0.05) is 6.42 Å². The van der Waals surface area contributed by atoms with E-state index in [1.165, 1.54) is 0 Å². The quantitative estimate of drug-likeness (QED) is 0.121. The minimum Gasteiger partial charge on any atom is -0.480 e. The molecule has 2 aliphatic rings. The zero-order valence-corrected chi connectivity index (χ0v) is 19.5. The largest absolute Gasteiger partial charge is 0.480 e. The maximum absolute atomic E-state index is 11.9. The molecule has 5 N–H and O–H groups in total. The Morgan fingerprint density at radius 3 is 2.33 bits per heavy atom. The van der Waals surface area contributed by atoms with Crippen molar-refractivity contribution in [3.05, 3.63) is 0 Å². The Kier molecular flexibility index (Phi) is 12.9. The average molecular weight is 491 g/mol. The van der Waals surface area contributed by atoms with E-state index in [2.05, 4.69) is 21.3 Å². The summed E-state index contributed by atoms with van der Waals surface area (Å²) in [7, 11) is 0. The van der Waals surface area contributed by atoms with E-state index >= 15 is 0 Å². The first-order valence-electron chi connectivity index (χ1n) is 11.1. The number of rotatable bonds is 18. The summed E-state index contributed by atoms with van der Waals surface area (Å²) < 4.78 is 15.1. The van der Waals surface area contributed by atoms with Crippen LogP contribution in [0.2, 0.25) is 0 Å². The third kappa shape index (κ3) is 11.6. The molecule has 2 aliphatic heterocycles. The minimum atomic E-state index is -1.03. The van der Waals surface area contributed by atoms with Gasteiger partial charge >= 0.3 is 12.0 Å². The summed E-state index contributed by atoms with van der Waals surface area (Å²) in [4.78, 5) is 45.2. The Labute approximate surface area is 197 Å². The van der Waals surface area contributed by atoms with Crippen molar-refractivity contribution in [2.24, 2.45) is 0 Å². The van der Waals surface area contributed by atoms with Gasteiger partial charge in [0, 0.05) is 30.5 Å². The van der Waals surface area contributed by atoms with Crippen LogP contribution in [0.25, 0.3) is 0 Å². The number of fused-ring (bicyclic) bond motifs is 1. The summed E-state index contributed by atoms with van der Waals surface area (Å²) in [6.07, 6.45) is 3.13. The van der Waals surface area contributed by atoms with Crippen molar-refractivity contribution in [1.82, 2.24) is 21.3 Å². The fraction of sp³-hybridized carbons (Fsp3) is 0.800. The summed E-state index contributed by atoms with van der Waals surface area (Å²) in [6, 6.07) is 0.336. The van der Waals surface area contributed by atoms with Crippen molar-refractivity contribution in [3.8, 4) is 0 Å². The second-order valence-electron chi connectivity index (χ2n) is 7.68. The van der Waals surface area contributed by atoms with Crippen LogP contribution < -0.4 is 21.3 Å². The molecule has 2 saturated heterocycles. The molecule has 0 aromatic rings. The number of ether oxygens (including phenoxy) is 3. The van der Waals surface area contributed by atoms with Gasteiger partial charge in [-0.25, -0.2) is 9.59 Å².